The highest BCUT2D eigenvalue weighted by Gasteiger charge is 2.49. The van der Waals surface area contributed by atoms with Gasteiger partial charge in [0.25, 0.3) is 0 Å². The molecule has 0 heterocycles. The number of allylic oxidation sites excluding steroid dienone is 2. The van der Waals surface area contributed by atoms with E-state index in [1.807, 2.05) is 51.1 Å². The Kier molecular flexibility index (Phi) is 4.56. The van der Waals surface area contributed by atoms with Crippen LogP contribution in [-0.4, -0.2) is 17.4 Å². The second-order valence-electron chi connectivity index (χ2n) is 6.27. The molecule has 1 aromatic rings. The molecule has 1 aromatic carbocycles. The van der Waals surface area contributed by atoms with Crippen molar-refractivity contribution in [1.82, 2.24) is 0 Å². The van der Waals surface area contributed by atoms with Gasteiger partial charge in [-0.1, -0.05) is 30.4 Å². The zero-order valence-corrected chi connectivity index (χ0v) is 14.6. The van der Waals surface area contributed by atoms with E-state index in [1.54, 1.807) is 6.07 Å². The third-order valence-electron chi connectivity index (χ3n) is 3.44. The predicted molar refractivity (Wildman–Crippen MR) is 90.1 cm³/mol. The summed E-state index contributed by atoms with van der Waals surface area (Å²) in [6, 6.07) is 7.35. The van der Waals surface area contributed by atoms with Crippen LogP contribution in [0.3, 0.4) is 0 Å². The van der Waals surface area contributed by atoms with Crippen LogP contribution in [0.25, 0.3) is 0 Å². The summed E-state index contributed by atoms with van der Waals surface area (Å²) in [5.74, 6) is -0.573. The van der Waals surface area contributed by atoms with Gasteiger partial charge in [0.15, 0.2) is 5.78 Å². The van der Waals surface area contributed by atoms with E-state index in [0.29, 0.717) is 18.4 Å². The van der Waals surface area contributed by atoms with Crippen molar-refractivity contribution in [3.05, 3.63) is 45.6 Å². The minimum Gasteiger partial charge on any atom is -0.459 e. The number of hydrogen-bond acceptors (Lipinski definition) is 3. The summed E-state index contributed by atoms with van der Waals surface area (Å²) in [7, 11) is 0. The molecular weight excluding hydrogens is 379 g/mol. The Hall–Kier alpha value is -1.17. The largest absolute Gasteiger partial charge is 0.459 e. The number of benzene rings is 1. The van der Waals surface area contributed by atoms with Crippen LogP contribution >= 0.6 is 22.6 Å². The molecule has 112 valence electrons. The Morgan fingerprint density at radius 2 is 1.71 bits per heavy atom. The molecule has 3 nitrogen and oxygen atoms in total. The Bertz CT molecular complexity index is 588. The van der Waals surface area contributed by atoms with Gasteiger partial charge in [-0.15, -0.1) is 0 Å². The molecule has 0 spiro atoms. The van der Waals surface area contributed by atoms with E-state index in [9.17, 15) is 9.59 Å². The van der Waals surface area contributed by atoms with Gasteiger partial charge in [0.05, 0.1) is 0 Å². The molecule has 0 saturated carbocycles. The van der Waals surface area contributed by atoms with Crippen molar-refractivity contribution in [3.63, 3.8) is 0 Å². The number of rotatable bonds is 3. The van der Waals surface area contributed by atoms with Gasteiger partial charge in [0.2, 0.25) is 0 Å². The Morgan fingerprint density at radius 3 is 2.24 bits per heavy atom. The SMILES string of the molecule is CC(C)(C)OC(=O)C1(C(=O)c2ccccc2I)CC=CC1. The first-order chi connectivity index (χ1) is 9.76. The highest BCUT2D eigenvalue weighted by atomic mass is 127. The molecule has 0 fully saturated rings. The van der Waals surface area contributed by atoms with Gasteiger partial charge in [-0.25, -0.2) is 0 Å². The number of hydrogen-bond donors (Lipinski definition) is 0. The van der Waals surface area contributed by atoms with Crippen LogP contribution < -0.4 is 0 Å². The topological polar surface area (TPSA) is 43.4 Å². The first-order valence-electron chi connectivity index (χ1n) is 6.94. The first-order valence-corrected chi connectivity index (χ1v) is 8.02. The molecule has 0 radical (unpaired) electrons. The summed E-state index contributed by atoms with van der Waals surface area (Å²) in [6.45, 7) is 5.45. The Morgan fingerprint density at radius 1 is 1.14 bits per heavy atom. The van der Waals surface area contributed by atoms with Gasteiger partial charge in [-0.05, 0) is 62.3 Å². The molecule has 0 aromatic heterocycles. The molecule has 0 amide bonds. The van der Waals surface area contributed by atoms with Crippen LogP contribution in [-0.2, 0) is 9.53 Å². The van der Waals surface area contributed by atoms with E-state index >= 15 is 0 Å². The summed E-state index contributed by atoms with van der Waals surface area (Å²) in [5.41, 5.74) is -1.11. The number of Topliss-reactive ketones (excluding diaryl/α,β-unsaturated/α-hetero) is 1. The van der Waals surface area contributed by atoms with Gasteiger partial charge in [-0.2, -0.15) is 0 Å². The number of carbonyl (C=O) groups excluding carboxylic acids is 2. The molecule has 2 rings (SSSR count). The lowest BCUT2D eigenvalue weighted by molar-refractivity contribution is -0.163. The maximum Gasteiger partial charge on any atom is 0.321 e. The second kappa shape index (κ2) is 5.91. The monoisotopic (exact) mass is 398 g/mol. The van der Waals surface area contributed by atoms with Gasteiger partial charge in [-0.3, -0.25) is 9.59 Å². The molecule has 0 aliphatic heterocycles. The van der Waals surface area contributed by atoms with E-state index in [2.05, 4.69) is 22.6 Å². The number of esters is 1. The van der Waals surface area contributed by atoms with Crippen LogP contribution in [0.2, 0.25) is 0 Å². The van der Waals surface area contributed by atoms with Crippen molar-refractivity contribution in [2.24, 2.45) is 5.41 Å². The average molecular weight is 398 g/mol. The summed E-state index contributed by atoms with van der Waals surface area (Å²) in [5, 5.41) is 0. The number of ketones is 1. The van der Waals surface area contributed by atoms with Gasteiger partial charge >= 0.3 is 5.97 Å². The molecular formula is C17H19IO3. The summed E-state index contributed by atoms with van der Waals surface area (Å²) in [4.78, 5) is 25.6. The summed E-state index contributed by atoms with van der Waals surface area (Å²) < 4.78 is 6.36. The molecule has 0 unspecified atom stereocenters. The molecule has 4 heteroatoms. The van der Waals surface area contributed by atoms with Crippen molar-refractivity contribution < 1.29 is 14.3 Å². The summed E-state index contributed by atoms with van der Waals surface area (Å²) >= 11 is 2.13. The number of halogens is 1. The van der Waals surface area contributed by atoms with Crippen molar-refractivity contribution >= 4 is 34.3 Å². The van der Waals surface area contributed by atoms with Crippen molar-refractivity contribution in [2.45, 2.75) is 39.2 Å². The van der Waals surface area contributed by atoms with E-state index in [-0.39, 0.29) is 5.78 Å². The zero-order chi connectivity index (χ0) is 15.7. The van der Waals surface area contributed by atoms with Crippen LogP contribution in [0, 0.1) is 8.99 Å². The fraction of sp³-hybridized carbons (Fsp3) is 0.412. The second-order valence-corrected chi connectivity index (χ2v) is 7.43. The normalized spacial score (nSPS) is 16.8. The van der Waals surface area contributed by atoms with E-state index in [1.165, 1.54) is 0 Å². The lowest BCUT2D eigenvalue weighted by Crippen LogP contribution is -2.42. The smallest absolute Gasteiger partial charge is 0.321 e. The Balaban J connectivity index is 2.37. The molecule has 21 heavy (non-hydrogen) atoms. The maximum atomic E-state index is 13.0. The van der Waals surface area contributed by atoms with Crippen molar-refractivity contribution in [1.29, 1.82) is 0 Å². The minimum atomic E-state index is -1.10. The van der Waals surface area contributed by atoms with E-state index in [0.717, 1.165) is 3.57 Å². The summed E-state index contributed by atoms with van der Waals surface area (Å²) in [6.07, 6.45) is 4.59. The third kappa shape index (κ3) is 3.36. The number of ether oxygens (including phenoxy) is 1. The van der Waals surface area contributed by atoms with Crippen LogP contribution in [0.1, 0.15) is 44.0 Å². The maximum absolute atomic E-state index is 13.0. The molecule has 0 atom stereocenters. The highest BCUT2D eigenvalue weighted by Crippen LogP contribution is 2.39. The minimum absolute atomic E-state index is 0.147. The third-order valence-corrected chi connectivity index (χ3v) is 4.38. The molecule has 1 aliphatic carbocycles. The molecule has 0 bridgehead atoms. The highest BCUT2D eigenvalue weighted by molar-refractivity contribution is 14.1. The molecule has 1 aliphatic rings. The fourth-order valence-electron chi connectivity index (χ4n) is 2.38. The Labute approximate surface area is 138 Å². The predicted octanol–water partition coefficient (Wildman–Crippen LogP) is 4.15. The molecule has 0 N–H and O–H groups in total. The lowest BCUT2D eigenvalue weighted by atomic mass is 9.78. The van der Waals surface area contributed by atoms with Crippen LogP contribution in [0.5, 0.6) is 0 Å². The van der Waals surface area contributed by atoms with Crippen molar-refractivity contribution in [2.75, 3.05) is 0 Å². The first kappa shape index (κ1) is 16.2. The van der Waals surface area contributed by atoms with E-state index in [4.69, 9.17) is 4.74 Å². The zero-order valence-electron chi connectivity index (χ0n) is 12.5. The lowest BCUT2D eigenvalue weighted by Gasteiger charge is -2.30. The number of carbonyl (C=O) groups is 2. The fourth-order valence-corrected chi connectivity index (χ4v) is 3.01. The van der Waals surface area contributed by atoms with Crippen molar-refractivity contribution in [3.8, 4) is 0 Å². The standard InChI is InChI=1S/C17H19IO3/c1-16(2,3)21-15(20)17(10-6-7-11-17)14(19)12-8-4-5-9-13(12)18/h4-9H,10-11H2,1-3H3. The molecule has 0 saturated heterocycles. The van der Waals surface area contributed by atoms with Gasteiger partial charge in [0, 0.05) is 9.13 Å². The van der Waals surface area contributed by atoms with Crippen LogP contribution in [0.4, 0.5) is 0 Å². The van der Waals surface area contributed by atoms with Gasteiger partial charge in [0.1, 0.15) is 11.0 Å². The van der Waals surface area contributed by atoms with Crippen LogP contribution in [0.15, 0.2) is 36.4 Å². The van der Waals surface area contributed by atoms with E-state index < -0.39 is 17.0 Å². The average Bonchev–Trinajstić information content (AvgIpc) is 2.87. The quantitative estimate of drug-likeness (QED) is 0.253. The van der Waals surface area contributed by atoms with Gasteiger partial charge < -0.3 is 4.74 Å².